The lowest BCUT2D eigenvalue weighted by molar-refractivity contribution is 0.0697. The molecule has 1 aromatic carbocycles. The Hall–Kier alpha value is -3.16. The fourth-order valence-corrected chi connectivity index (χ4v) is 1.91. The molecule has 0 fully saturated rings. The Labute approximate surface area is 117 Å². The molecule has 0 aliphatic carbocycles. The normalized spacial score (nSPS) is 10.7. The fraction of sp³-hybridized carbons (Fsp3) is 0.0769. The quantitative estimate of drug-likeness (QED) is 0.749. The van der Waals surface area contributed by atoms with Gasteiger partial charge in [-0.05, 0) is 31.2 Å². The Morgan fingerprint density at radius 1 is 1.33 bits per heavy atom. The number of H-pyrrole nitrogens is 1. The van der Waals surface area contributed by atoms with E-state index in [2.05, 4.69) is 15.2 Å². The maximum absolute atomic E-state index is 11.5. The number of nitrogens with one attached hydrogen (secondary N) is 1. The van der Waals surface area contributed by atoms with Gasteiger partial charge >= 0.3 is 11.7 Å². The highest BCUT2D eigenvalue weighted by Gasteiger charge is 2.09. The monoisotopic (exact) mass is 286 g/mol. The molecule has 0 amide bonds. The largest absolute Gasteiger partial charge is 0.478 e. The zero-order valence-electron chi connectivity index (χ0n) is 10.9. The van der Waals surface area contributed by atoms with Crippen LogP contribution in [0.1, 0.15) is 16.2 Å². The van der Waals surface area contributed by atoms with Gasteiger partial charge in [0, 0.05) is 6.07 Å². The molecule has 8 nitrogen and oxygen atoms in total. The molecular formula is C13H10N4O4. The first-order chi connectivity index (χ1) is 10.0. The third-order valence-corrected chi connectivity index (χ3v) is 2.87. The van der Waals surface area contributed by atoms with Crippen molar-refractivity contribution in [2.75, 3.05) is 0 Å². The van der Waals surface area contributed by atoms with E-state index in [1.807, 2.05) is 0 Å². The van der Waals surface area contributed by atoms with Crippen molar-refractivity contribution in [3.05, 3.63) is 52.2 Å². The third-order valence-electron chi connectivity index (χ3n) is 2.87. The lowest BCUT2D eigenvalue weighted by atomic mass is 10.2. The average Bonchev–Trinajstić information content (AvgIpc) is 2.81. The van der Waals surface area contributed by atoms with Gasteiger partial charge in [0.15, 0.2) is 5.65 Å². The van der Waals surface area contributed by atoms with Gasteiger partial charge in [0.1, 0.15) is 11.6 Å². The molecule has 0 spiro atoms. The van der Waals surface area contributed by atoms with Crippen LogP contribution in [-0.2, 0) is 0 Å². The minimum absolute atomic E-state index is 0.167. The molecule has 0 atom stereocenters. The molecule has 3 rings (SSSR count). The van der Waals surface area contributed by atoms with Gasteiger partial charge in [-0.2, -0.15) is 10.1 Å². The minimum Gasteiger partial charge on any atom is -0.478 e. The summed E-state index contributed by atoms with van der Waals surface area (Å²) < 4.78 is 6.86. The molecule has 2 aromatic heterocycles. The molecule has 0 aliphatic heterocycles. The molecule has 21 heavy (non-hydrogen) atoms. The summed E-state index contributed by atoms with van der Waals surface area (Å²) in [6.07, 6.45) is 0. The summed E-state index contributed by atoms with van der Waals surface area (Å²) in [6.45, 7) is 1.66. The molecular weight excluding hydrogens is 276 g/mol. The SMILES string of the molecule is Cc1nc(Oc2ccc(C(=O)O)cc2)cc2n[nH]c(=O)n12. The minimum atomic E-state index is -1.01. The van der Waals surface area contributed by atoms with E-state index in [4.69, 9.17) is 9.84 Å². The van der Waals surface area contributed by atoms with Crippen LogP contribution in [0, 0.1) is 6.92 Å². The van der Waals surface area contributed by atoms with E-state index in [1.54, 1.807) is 6.92 Å². The van der Waals surface area contributed by atoms with Crippen LogP contribution in [-0.4, -0.2) is 30.7 Å². The highest BCUT2D eigenvalue weighted by Crippen LogP contribution is 2.21. The van der Waals surface area contributed by atoms with Crippen LogP contribution in [0.4, 0.5) is 0 Å². The van der Waals surface area contributed by atoms with Gasteiger partial charge in [0.2, 0.25) is 5.88 Å². The number of benzene rings is 1. The van der Waals surface area contributed by atoms with Crippen molar-refractivity contribution in [1.82, 2.24) is 19.6 Å². The molecule has 0 radical (unpaired) electrons. The number of hydrogen-bond acceptors (Lipinski definition) is 5. The first kappa shape index (κ1) is 12.9. The number of aromatic amines is 1. The Balaban J connectivity index is 1.94. The highest BCUT2D eigenvalue weighted by atomic mass is 16.5. The van der Waals surface area contributed by atoms with Crippen molar-refractivity contribution in [3.63, 3.8) is 0 Å². The third kappa shape index (κ3) is 2.34. The van der Waals surface area contributed by atoms with Crippen LogP contribution in [0.3, 0.4) is 0 Å². The van der Waals surface area contributed by atoms with E-state index in [-0.39, 0.29) is 17.1 Å². The Morgan fingerprint density at radius 2 is 2.05 bits per heavy atom. The van der Waals surface area contributed by atoms with Crippen LogP contribution in [0.15, 0.2) is 35.1 Å². The summed E-state index contributed by atoms with van der Waals surface area (Å²) in [5, 5.41) is 15.0. The number of rotatable bonds is 3. The number of hydrogen-bond donors (Lipinski definition) is 2. The van der Waals surface area contributed by atoms with Gasteiger partial charge in [-0.25, -0.2) is 19.1 Å². The maximum Gasteiger partial charge on any atom is 0.349 e. The lowest BCUT2D eigenvalue weighted by Crippen LogP contribution is -2.13. The number of carboxylic acids is 1. The van der Waals surface area contributed by atoms with Crippen molar-refractivity contribution in [2.24, 2.45) is 0 Å². The molecule has 0 saturated heterocycles. The standard InChI is InChI=1S/C13H10N4O4/c1-7-14-11(6-10-15-16-13(20)17(7)10)21-9-4-2-8(3-5-9)12(18)19/h2-6H,1H3,(H,16,20)(H,18,19). The van der Waals surface area contributed by atoms with Crippen LogP contribution < -0.4 is 10.4 Å². The second kappa shape index (κ2) is 4.75. The van der Waals surface area contributed by atoms with Gasteiger partial charge in [-0.3, -0.25) is 0 Å². The van der Waals surface area contributed by atoms with E-state index >= 15 is 0 Å². The summed E-state index contributed by atoms with van der Waals surface area (Å²) in [4.78, 5) is 26.4. The number of carboxylic acid groups (broad SMARTS) is 1. The lowest BCUT2D eigenvalue weighted by Gasteiger charge is -2.06. The molecule has 0 unspecified atom stereocenters. The maximum atomic E-state index is 11.5. The number of aromatic carboxylic acids is 1. The van der Waals surface area contributed by atoms with Crippen molar-refractivity contribution in [1.29, 1.82) is 0 Å². The molecule has 0 aliphatic rings. The highest BCUT2D eigenvalue weighted by molar-refractivity contribution is 5.87. The van der Waals surface area contributed by atoms with E-state index in [1.165, 1.54) is 34.7 Å². The van der Waals surface area contributed by atoms with Gasteiger partial charge in [-0.1, -0.05) is 0 Å². The van der Waals surface area contributed by atoms with E-state index in [0.29, 0.717) is 17.2 Å². The molecule has 0 bridgehead atoms. The number of aromatic nitrogens is 4. The molecule has 8 heteroatoms. The first-order valence-electron chi connectivity index (χ1n) is 6.00. The van der Waals surface area contributed by atoms with Crippen LogP contribution in [0.2, 0.25) is 0 Å². The predicted molar refractivity (Wildman–Crippen MR) is 71.8 cm³/mol. The number of fused-ring (bicyclic) bond motifs is 1. The summed E-state index contributed by atoms with van der Waals surface area (Å²) in [6, 6.07) is 7.43. The second-order valence-electron chi connectivity index (χ2n) is 4.30. The van der Waals surface area contributed by atoms with Gasteiger partial charge in [-0.15, -0.1) is 0 Å². The zero-order chi connectivity index (χ0) is 15.0. The van der Waals surface area contributed by atoms with Gasteiger partial charge in [0.05, 0.1) is 5.56 Å². The molecule has 2 heterocycles. The molecule has 106 valence electrons. The van der Waals surface area contributed by atoms with Gasteiger partial charge < -0.3 is 9.84 Å². The fourth-order valence-electron chi connectivity index (χ4n) is 1.91. The topological polar surface area (TPSA) is 110 Å². The van der Waals surface area contributed by atoms with E-state index < -0.39 is 5.97 Å². The van der Waals surface area contributed by atoms with Crippen LogP contribution >= 0.6 is 0 Å². The molecule has 0 saturated carbocycles. The Kier molecular flexibility index (Phi) is 2.90. The van der Waals surface area contributed by atoms with Crippen molar-refractivity contribution < 1.29 is 14.6 Å². The average molecular weight is 286 g/mol. The number of ether oxygens (including phenoxy) is 1. The number of carbonyl (C=O) groups is 1. The molecule has 3 aromatic rings. The summed E-state index contributed by atoms with van der Waals surface area (Å²) in [7, 11) is 0. The van der Waals surface area contributed by atoms with E-state index in [9.17, 15) is 9.59 Å². The Morgan fingerprint density at radius 3 is 2.71 bits per heavy atom. The summed E-state index contributed by atoms with van der Waals surface area (Å²) in [5.74, 6) is 0.132. The van der Waals surface area contributed by atoms with E-state index in [0.717, 1.165) is 0 Å². The first-order valence-corrected chi connectivity index (χ1v) is 6.00. The van der Waals surface area contributed by atoms with Crippen molar-refractivity contribution >= 4 is 11.6 Å². The van der Waals surface area contributed by atoms with Crippen molar-refractivity contribution in [3.8, 4) is 11.6 Å². The number of aryl methyl sites for hydroxylation is 1. The Bertz CT molecular complexity index is 879. The summed E-state index contributed by atoms with van der Waals surface area (Å²) in [5.41, 5.74) is 0.192. The zero-order valence-corrected chi connectivity index (χ0v) is 10.9. The molecule has 2 N–H and O–H groups in total. The second-order valence-corrected chi connectivity index (χ2v) is 4.30. The predicted octanol–water partition coefficient (Wildman–Crippen LogP) is 1.22. The van der Waals surface area contributed by atoms with Crippen molar-refractivity contribution in [2.45, 2.75) is 6.92 Å². The van der Waals surface area contributed by atoms with Crippen LogP contribution in [0.5, 0.6) is 11.6 Å². The van der Waals surface area contributed by atoms with Crippen LogP contribution in [0.25, 0.3) is 5.65 Å². The van der Waals surface area contributed by atoms with Gasteiger partial charge in [0.25, 0.3) is 0 Å². The number of nitrogens with zero attached hydrogens (tertiary/aromatic N) is 3. The summed E-state index contributed by atoms with van der Waals surface area (Å²) >= 11 is 0. The smallest absolute Gasteiger partial charge is 0.349 e.